The van der Waals surface area contributed by atoms with Gasteiger partial charge in [-0.15, -0.1) is 0 Å². The molecule has 2 heterocycles. The molecule has 2 aromatic rings. The van der Waals surface area contributed by atoms with E-state index >= 15 is 0 Å². The number of carbonyl (C=O) groups excluding carboxylic acids is 1. The van der Waals surface area contributed by atoms with E-state index in [4.69, 9.17) is 4.74 Å². The Hall–Kier alpha value is -1.94. The third kappa shape index (κ3) is 2.58. The topological polar surface area (TPSA) is 44.1 Å². The zero-order valence-electron chi connectivity index (χ0n) is 10.9. The first-order chi connectivity index (χ1) is 9.22. The average Bonchev–Trinajstić information content (AvgIpc) is 3.03. The van der Waals surface area contributed by atoms with E-state index in [1.807, 2.05) is 37.6 Å². The number of hydrogen-bond donors (Lipinski definition) is 0. The molecule has 1 aromatic heterocycles. The van der Waals surface area contributed by atoms with E-state index in [1.165, 1.54) is 5.56 Å². The van der Waals surface area contributed by atoms with Gasteiger partial charge in [-0.3, -0.25) is 9.48 Å². The first-order valence-corrected chi connectivity index (χ1v) is 6.42. The Labute approximate surface area is 112 Å². The van der Waals surface area contributed by atoms with Crippen molar-refractivity contribution in [1.82, 2.24) is 9.78 Å². The summed E-state index contributed by atoms with van der Waals surface area (Å²) in [7, 11) is 1.88. The summed E-state index contributed by atoms with van der Waals surface area (Å²) in [6.07, 6.45) is 5.01. The molecule has 0 atom stereocenters. The summed E-state index contributed by atoms with van der Waals surface area (Å²) in [5.74, 6) is 0.179. The Bertz CT molecular complexity index is 616. The lowest BCUT2D eigenvalue weighted by Gasteiger charge is -2.03. The molecular weight excluding hydrogens is 240 g/mol. The van der Waals surface area contributed by atoms with Crippen molar-refractivity contribution in [1.29, 1.82) is 0 Å². The van der Waals surface area contributed by atoms with Gasteiger partial charge in [0.2, 0.25) is 0 Å². The summed E-state index contributed by atoms with van der Waals surface area (Å²) in [5, 5.41) is 4.10. The van der Waals surface area contributed by atoms with Crippen LogP contribution in [0.15, 0.2) is 30.6 Å². The number of nitrogens with zero attached hydrogens (tertiary/aromatic N) is 2. The standard InChI is InChI=1S/C15H16N2O2/c1-17-8-11(7-16-17)2-5-15(18)12-3-4-13-9-19-10-14(13)6-12/h3-4,6-8H,2,5,9-10H2,1H3. The molecule has 1 aromatic carbocycles. The number of aromatic nitrogens is 2. The minimum atomic E-state index is 0.179. The van der Waals surface area contributed by atoms with Crippen LogP contribution in [0.25, 0.3) is 0 Å². The highest BCUT2D eigenvalue weighted by Gasteiger charge is 2.14. The summed E-state index contributed by atoms with van der Waals surface area (Å²) in [6, 6.07) is 5.87. The van der Waals surface area contributed by atoms with E-state index in [0.29, 0.717) is 19.6 Å². The lowest BCUT2D eigenvalue weighted by atomic mass is 10.0. The van der Waals surface area contributed by atoms with Gasteiger partial charge in [0, 0.05) is 25.2 Å². The highest BCUT2D eigenvalue weighted by molar-refractivity contribution is 5.96. The molecule has 19 heavy (non-hydrogen) atoms. The van der Waals surface area contributed by atoms with Gasteiger partial charge in [0.05, 0.1) is 19.4 Å². The molecule has 1 aliphatic heterocycles. The Morgan fingerprint density at radius 2 is 2.21 bits per heavy atom. The van der Waals surface area contributed by atoms with Crippen LogP contribution in [0.5, 0.6) is 0 Å². The molecule has 98 valence electrons. The predicted molar refractivity (Wildman–Crippen MR) is 70.8 cm³/mol. The van der Waals surface area contributed by atoms with Crippen molar-refractivity contribution in [3.05, 3.63) is 52.8 Å². The lowest BCUT2D eigenvalue weighted by Crippen LogP contribution is -2.02. The van der Waals surface area contributed by atoms with Crippen molar-refractivity contribution in [3.8, 4) is 0 Å². The SMILES string of the molecule is Cn1cc(CCC(=O)c2ccc3c(c2)COC3)cn1. The maximum absolute atomic E-state index is 12.2. The summed E-state index contributed by atoms with van der Waals surface area (Å²) >= 11 is 0. The number of fused-ring (bicyclic) bond motifs is 1. The molecule has 0 radical (unpaired) electrons. The fraction of sp³-hybridized carbons (Fsp3) is 0.333. The summed E-state index contributed by atoms with van der Waals surface area (Å²) < 4.78 is 7.12. The van der Waals surface area contributed by atoms with Crippen molar-refractivity contribution >= 4 is 5.78 Å². The Kier molecular flexibility index (Phi) is 3.17. The number of rotatable bonds is 4. The molecule has 0 saturated heterocycles. The van der Waals surface area contributed by atoms with Crippen LogP contribution in [0.4, 0.5) is 0 Å². The quantitative estimate of drug-likeness (QED) is 0.788. The predicted octanol–water partition coefficient (Wildman–Crippen LogP) is 2.27. The van der Waals surface area contributed by atoms with E-state index < -0.39 is 0 Å². The maximum atomic E-state index is 12.2. The molecular formula is C15H16N2O2. The number of ether oxygens (including phenoxy) is 1. The Morgan fingerprint density at radius 1 is 1.37 bits per heavy atom. The fourth-order valence-electron chi connectivity index (χ4n) is 2.35. The second-order valence-corrected chi connectivity index (χ2v) is 4.92. The highest BCUT2D eigenvalue weighted by Crippen LogP contribution is 2.21. The van der Waals surface area contributed by atoms with Crippen LogP contribution in [0.3, 0.4) is 0 Å². The van der Waals surface area contributed by atoms with Crippen molar-refractivity contribution < 1.29 is 9.53 Å². The molecule has 1 aliphatic rings. The van der Waals surface area contributed by atoms with Crippen LogP contribution >= 0.6 is 0 Å². The van der Waals surface area contributed by atoms with Gasteiger partial charge in [-0.1, -0.05) is 12.1 Å². The van der Waals surface area contributed by atoms with Gasteiger partial charge >= 0.3 is 0 Å². The fourth-order valence-corrected chi connectivity index (χ4v) is 2.35. The van der Waals surface area contributed by atoms with Crippen molar-refractivity contribution in [2.45, 2.75) is 26.1 Å². The lowest BCUT2D eigenvalue weighted by molar-refractivity contribution is 0.0982. The number of Topliss-reactive ketones (excluding diaryl/α,β-unsaturated/α-hetero) is 1. The maximum Gasteiger partial charge on any atom is 0.163 e. The normalized spacial score (nSPS) is 13.5. The van der Waals surface area contributed by atoms with Gasteiger partial charge in [0.25, 0.3) is 0 Å². The minimum Gasteiger partial charge on any atom is -0.372 e. The van der Waals surface area contributed by atoms with Crippen LogP contribution in [-0.4, -0.2) is 15.6 Å². The summed E-state index contributed by atoms with van der Waals surface area (Å²) in [5.41, 5.74) is 4.23. The van der Waals surface area contributed by atoms with Gasteiger partial charge in [-0.2, -0.15) is 5.10 Å². The van der Waals surface area contributed by atoms with Gasteiger partial charge in [0.15, 0.2) is 5.78 Å². The number of carbonyl (C=O) groups is 1. The van der Waals surface area contributed by atoms with Gasteiger partial charge in [0.1, 0.15) is 0 Å². The van der Waals surface area contributed by atoms with Gasteiger partial charge in [-0.05, 0) is 29.2 Å². The average molecular weight is 256 g/mol. The molecule has 0 aliphatic carbocycles. The van der Waals surface area contributed by atoms with Crippen molar-refractivity contribution in [2.24, 2.45) is 7.05 Å². The molecule has 0 N–H and O–H groups in total. The molecule has 0 spiro atoms. The highest BCUT2D eigenvalue weighted by atomic mass is 16.5. The van der Waals surface area contributed by atoms with E-state index in [0.717, 1.165) is 23.1 Å². The molecule has 4 nitrogen and oxygen atoms in total. The van der Waals surface area contributed by atoms with E-state index in [2.05, 4.69) is 5.10 Å². The molecule has 4 heteroatoms. The van der Waals surface area contributed by atoms with E-state index in [1.54, 1.807) is 4.68 Å². The third-order valence-corrected chi connectivity index (χ3v) is 3.44. The van der Waals surface area contributed by atoms with Crippen LogP contribution in [0.2, 0.25) is 0 Å². The molecule has 3 rings (SSSR count). The second kappa shape index (κ2) is 4.97. The second-order valence-electron chi connectivity index (χ2n) is 4.92. The number of ketones is 1. The molecule has 0 saturated carbocycles. The number of hydrogen-bond acceptors (Lipinski definition) is 3. The van der Waals surface area contributed by atoms with Crippen LogP contribution in [-0.2, 0) is 31.4 Å². The smallest absolute Gasteiger partial charge is 0.163 e. The van der Waals surface area contributed by atoms with E-state index in [9.17, 15) is 4.79 Å². The largest absolute Gasteiger partial charge is 0.372 e. The van der Waals surface area contributed by atoms with Gasteiger partial charge < -0.3 is 4.74 Å². The molecule has 0 unspecified atom stereocenters. The summed E-state index contributed by atoms with van der Waals surface area (Å²) in [4.78, 5) is 12.2. The van der Waals surface area contributed by atoms with E-state index in [-0.39, 0.29) is 5.78 Å². The van der Waals surface area contributed by atoms with Crippen molar-refractivity contribution in [3.63, 3.8) is 0 Å². The monoisotopic (exact) mass is 256 g/mol. The summed E-state index contributed by atoms with van der Waals surface area (Å²) in [6.45, 7) is 1.29. The first-order valence-electron chi connectivity index (χ1n) is 6.42. The van der Waals surface area contributed by atoms with Crippen molar-refractivity contribution in [2.75, 3.05) is 0 Å². The third-order valence-electron chi connectivity index (χ3n) is 3.44. The number of benzene rings is 1. The number of aryl methyl sites for hydroxylation is 2. The zero-order valence-corrected chi connectivity index (χ0v) is 10.9. The Balaban J connectivity index is 1.67. The van der Waals surface area contributed by atoms with Gasteiger partial charge in [-0.25, -0.2) is 0 Å². The van der Waals surface area contributed by atoms with Crippen LogP contribution in [0, 0.1) is 0 Å². The van der Waals surface area contributed by atoms with Crippen LogP contribution < -0.4 is 0 Å². The molecule has 0 bridgehead atoms. The van der Waals surface area contributed by atoms with Crippen LogP contribution in [0.1, 0.15) is 33.5 Å². The molecule has 0 fully saturated rings. The minimum absolute atomic E-state index is 0.179. The molecule has 0 amide bonds. The Morgan fingerprint density at radius 3 is 3.00 bits per heavy atom. The first kappa shape index (κ1) is 12.1. The zero-order chi connectivity index (χ0) is 13.2.